The molecule has 35 heavy (non-hydrogen) atoms. The number of rotatable bonds is 4. The molecule has 0 aliphatic heterocycles. The second kappa shape index (κ2) is 8.02. The highest BCUT2D eigenvalue weighted by Gasteiger charge is 2.56. The highest BCUT2D eigenvalue weighted by molar-refractivity contribution is 5.85. The van der Waals surface area contributed by atoms with Gasteiger partial charge in [-0.25, -0.2) is 0 Å². The molecule has 2 atom stereocenters. The highest BCUT2D eigenvalue weighted by Crippen LogP contribution is 2.55. The van der Waals surface area contributed by atoms with Crippen molar-refractivity contribution in [2.45, 2.75) is 24.8 Å². The van der Waals surface area contributed by atoms with Crippen LogP contribution in [0.2, 0.25) is 0 Å². The summed E-state index contributed by atoms with van der Waals surface area (Å²) in [5.41, 5.74) is 6.50. The summed E-state index contributed by atoms with van der Waals surface area (Å²) in [4.78, 5) is 0. The largest absolute Gasteiger partial charge is 0.378 e. The maximum atomic E-state index is 4.04. The molecule has 0 bridgehead atoms. The van der Waals surface area contributed by atoms with E-state index in [-0.39, 0.29) is 5.54 Å². The van der Waals surface area contributed by atoms with Gasteiger partial charge in [-0.1, -0.05) is 91.0 Å². The van der Waals surface area contributed by atoms with Gasteiger partial charge in [0, 0.05) is 34.3 Å². The molecule has 0 radical (unpaired) electrons. The van der Waals surface area contributed by atoms with Gasteiger partial charge >= 0.3 is 0 Å². The third kappa shape index (κ3) is 3.32. The Morgan fingerprint density at radius 3 is 2.43 bits per heavy atom. The summed E-state index contributed by atoms with van der Waals surface area (Å²) >= 11 is 0. The number of aromatic nitrogens is 1. The van der Waals surface area contributed by atoms with Gasteiger partial charge in [0.1, 0.15) is 0 Å². The van der Waals surface area contributed by atoms with Crippen molar-refractivity contribution in [1.29, 1.82) is 0 Å². The lowest BCUT2D eigenvalue weighted by Crippen LogP contribution is -2.33. The predicted octanol–water partition coefficient (Wildman–Crippen LogP) is 5.87. The zero-order chi connectivity index (χ0) is 23.2. The van der Waals surface area contributed by atoms with Crippen molar-refractivity contribution in [1.82, 2.24) is 9.88 Å². The molecule has 3 aromatic carbocycles. The second-order valence-electron chi connectivity index (χ2n) is 9.81. The van der Waals surface area contributed by atoms with Gasteiger partial charge in [0.05, 0.1) is 16.4 Å². The molecule has 4 aromatic rings. The van der Waals surface area contributed by atoms with E-state index in [1.807, 2.05) is 0 Å². The molecule has 0 saturated heterocycles. The summed E-state index contributed by atoms with van der Waals surface area (Å²) in [7, 11) is 0. The summed E-state index contributed by atoms with van der Waals surface area (Å²) in [5.74, 6) is 0.543. The van der Waals surface area contributed by atoms with Gasteiger partial charge in [0.2, 0.25) is 0 Å². The van der Waals surface area contributed by atoms with Crippen molar-refractivity contribution in [3.8, 4) is 5.69 Å². The van der Waals surface area contributed by atoms with Crippen molar-refractivity contribution < 1.29 is 0 Å². The van der Waals surface area contributed by atoms with Crippen molar-refractivity contribution >= 4 is 28.6 Å². The first-order valence-corrected chi connectivity index (χ1v) is 12.6. The Morgan fingerprint density at radius 1 is 0.800 bits per heavy atom. The first-order valence-electron chi connectivity index (χ1n) is 12.6. The lowest BCUT2D eigenvalue weighted by molar-refractivity contribution is 0.651. The molecule has 3 aliphatic carbocycles. The molecule has 2 heteroatoms. The first-order chi connectivity index (χ1) is 17.3. The number of hydrogen-bond donors (Lipinski definition) is 1. The predicted molar refractivity (Wildman–Crippen MR) is 146 cm³/mol. The molecule has 1 heterocycles. The molecule has 0 amide bonds. The summed E-state index contributed by atoms with van der Waals surface area (Å²) in [5, 5.41) is 7.92. The zero-order valence-electron chi connectivity index (χ0n) is 19.7. The molecule has 1 fully saturated rings. The Bertz CT molecular complexity index is 1630. The van der Waals surface area contributed by atoms with E-state index in [0.29, 0.717) is 5.92 Å². The Hall–Kier alpha value is -4.04. The van der Waals surface area contributed by atoms with Gasteiger partial charge in [-0.15, -0.1) is 0 Å². The van der Waals surface area contributed by atoms with Gasteiger partial charge in [-0.2, -0.15) is 0 Å². The van der Waals surface area contributed by atoms with Crippen LogP contribution in [-0.4, -0.2) is 10.1 Å². The Labute approximate surface area is 205 Å². The van der Waals surface area contributed by atoms with Crippen molar-refractivity contribution in [3.05, 3.63) is 131 Å². The van der Waals surface area contributed by atoms with Crippen LogP contribution in [0.4, 0.5) is 0 Å². The van der Waals surface area contributed by atoms with E-state index in [9.17, 15) is 0 Å². The molecule has 3 aliphatic rings. The van der Waals surface area contributed by atoms with Crippen LogP contribution in [0.5, 0.6) is 0 Å². The number of para-hydroxylation sites is 2. The minimum absolute atomic E-state index is 0.00628. The normalized spacial score (nSPS) is 22.5. The topological polar surface area (TPSA) is 17.0 Å². The van der Waals surface area contributed by atoms with Crippen molar-refractivity contribution in [2.75, 3.05) is 0 Å². The van der Waals surface area contributed by atoms with E-state index >= 15 is 0 Å². The van der Waals surface area contributed by atoms with E-state index in [1.54, 1.807) is 0 Å². The number of nitrogens with one attached hydrogen (secondary N) is 1. The fraction of sp³-hybridized carbons (Fsp3) is 0.152. The summed E-state index contributed by atoms with van der Waals surface area (Å²) < 4.78 is 2.39. The molecule has 0 spiro atoms. The van der Waals surface area contributed by atoms with E-state index in [1.165, 1.54) is 44.0 Å². The monoisotopic (exact) mass is 452 g/mol. The number of fused-ring (bicyclic) bond motifs is 4. The van der Waals surface area contributed by atoms with E-state index < -0.39 is 0 Å². The third-order valence-corrected chi connectivity index (χ3v) is 7.73. The maximum Gasteiger partial charge on any atom is 0.0695 e. The number of benzene rings is 3. The number of allylic oxidation sites excluding steroid dienone is 4. The van der Waals surface area contributed by atoms with Gasteiger partial charge in [0.25, 0.3) is 0 Å². The molecule has 7 rings (SSSR count). The Kier molecular flexibility index (Phi) is 4.66. The molecule has 1 saturated carbocycles. The average molecular weight is 453 g/mol. The van der Waals surface area contributed by atoms with Gasteiger partial charge in [-0.05, 0) is 54.3 Å². The van der Waals surface area contributed by atoms with E-state index in [0.717, 1.165) is 19.3 Å². The summed E-state index contributed by atoms with van der Waals surface area (Å²) in [6.07, 6.45) is 17.2. The quantitative estimate of drug-likeness (QED) is 0.383. The molecule has 170 valence electrons. The molecule has 2 nitrogen and oxygen atoms in total. The van der Waals surface area contributed by atoms with Crippen LogP contribution in [0.15, 0.2) is 115 Å². The zero-order valence-corrected chi connectivity index (χ0v) is 19.7. The summed E-state index contributed by atoms with van der Waals surface area (Å²) in [6.45, 7) is 0. The van der Waals surface area contributed by atoms with E-state index in [4.69, 9.17) is 0 Å². The first kappa shape index (κ1) is 20.3. The minimum Gasteiger partial charge on any atom is -0.378 e. The Morgan fingerprint density at radius 2 is 1.57 bits per heavy atom. The minimum atomic E-state index is -0.00628. The van der Waals surface area contributed by atoms with E-state index in [2.05, 4.69) is 131 Å². The third-order valence-electron chi connectivity index (χ3n) is 7.73. The van der Waals surface area contributed by atoms with Crippen molar-refractivity contribution in [3.63, 3.8) is 0 Å². The van der Waals surface area contributed by atoms with Crippen LogP contribution >= 0.6 is 0 Å². The van der Waals surface area contributed by atoms with Crippen LogP contribution in [0, 0.1) is 5.92 Å². The number of nitrogens with zero attached hydrogens (tertiary/aromatic N) is 1. The second-order valence-corrected chi connectivity index (χ2v) is 9.81. The lowest BCUT2D eigenvalue weighted by Gasteiger charge is -2.25. The van der Waals surface area contributed by atoms with Crippen LogP contribution in [-0.2, 0) is 0 Å². The molecule has 1 aromatic heterocycles. The fourth-order valence-electron chi connectivity index (χ4n) is 6.00. The highest BCUT2D eigenvalue weighted by atomic mass is 15.1. The maximum absolute atomic E-state index is 4.04. The standard InChI is InChI=1S/C33H28N2/c1-3-11-24(12-4-1)30-17-9-7-13-25-23-33(25,30)34-26-19-21-29-28-16-8-10-18-31(28)35(32(29)22-20-26)27-14-5-2-6-15-27/h1-8,10-18,20-22,25,34H,9,19,23H2. The molecule has 1 N–H and O–H groups in total. The van der Waals surface area contributed by atoms with Crippen LogP contribution in [0.3, 0.4) is 0 Å². The molecule has 2 unspecified atom stereocenters. The summed E-state index contributed by atoms with van der Waals surface area (Å²) in [6, 6.07) is 30.3. The smallest absolute Gasteiger partial charge is 0.0695 e. The van der Waals surface area contributed by atoms with Crippen LogP contribution in [0.1, 0.15) is 24.8 Å². The van der Waals surface area contributed by atoms with Crippen LogP contribution < -0.4 is 15.9 Å². The van der Waals surface area contributed by atoms with Crippen LogP contribution in [0.25, 0.3) is 34.3 Å². The van der Waals surface area contributed by atoms with Gasteiger partial charge in [-0.3, -0.25) is 0 Å². The average Bonchev–Trinajstić information content (AvgIpc) is 3.59. The van der Waals surface area contributed by atoms with Gasteiger partial charge < -0.3 is 9.88 Å². The van der Waals surface area contributed by atoms with Gasteiger partial charge in [0.15, 0.2) is 0 Å². The number of hydrogen-bond acceptors (Lipinski definition) is 1. The van der Waals surface area contributed by atoms with Crippen molar-refractivity contribution in [2.24, 2.45) is 5.92 Å². The molecular formula is C33H28N2. The Balaban J connectivity index is 1.33. The fourth-order valence-corrected chi connectivity index (χ4v) is 6.00. The SMILES string of the molecule is C1=CC2CC2(NC2=CC=c3c(c4ccccc4n3-c3ccccc3)=CC2)C(c2ccccc2)=CC1. The molecular weight excluding hydrogens is 424 g/mol. The lowest BCUT2D eigenvalue weighted by atomic mass is 9.93.